The van der Waals surface area contributed by atoms with Crippen LogP contribution < -0.4 is 4.90 Å². The molecule has 4 heteroatoms. The molecule has 4 nitrogen and oxygen atoms in total. The summed E-state index contributed by atoms with van der Waals surface area (Å²) in [6.07, 6.45) is 1.82. The molecule has 0 saturated carbocycles. The Morgan fingerprint density at radius 1 is 0.857 bits per heavy atom. The molecule has 0 saturated heterocycles. The fourth-order valence-corrected chi connectivity index (χ4v) is 3.47. The predicted molar refractivity (Wildman–Crippen MR) is 112 cm³/mol. The van der Waals surface area contributed by atoms with E-state index in [1.54, 1.807) is 4.40 Å². The SMILES string of the molecule is CCN(C(=O)C(=O)c1c(-c2ccccc2)cc2ccccn12)c1ccccc1. The molecule has 0 aliphatic carbocycles. The number of nitrogens with zero attached hydrogens (tertiary/aromatic N) is 2. The number of aromatic nitrogens is 1. The van der Waals surface area contributed by atoms with Gasteiger partial charge in [-0.05, 0) is 42.8 Å². The fraction of sp³-hybridized carbons (Fsp3) is 0.0833. The van der Waals surface area contributed by atoms with Gasteiger partial charge in [-0.15, -0.1) is 0 Å². The van der Waals surface area contributed by atoms with Crippen molar-refractivity contribution in [2.24, 2.45) is 0 Å². The summed E-state index contributed by atoms with van der Waals surface area (Å²) in [4.78, 5) is 28.1. The van der Waals surface area contributed by atoms with E-state index in [-0.39, 0.29) is 0 Å². The lowest BCUT2D eigenvalue weighted by molar-refractivity contribution is -0.114. The predicted octanol–water partition coefficient (Wildman–Crippen LogP) is 4.84. The highest BCUT2D eigenvalue weighted by Crippen LogP contribution is 2.29. The van der Waals surface area contributed by atoms with Crippen molar-refractivity contribution in [3.05, 3.63) is 96.8 Å². The van der Waals surface area contributed by atoms with Crippen LogP contribution in [0.1, 0.15) is 17.4 Å². The molecule has 138 valence electrons. The Balaban J connectivity index is 1.84. The summed E-state index contributed by atoms with van der Waals surface area (Å²) in [6, 6.07) is 26.6. The second-order valence-electron chi connectivity index (χ2n) is 6.48. The summed E-state index contributed by atoms with van der Waals surface area (Å²) in [7, 11) is 0. The third kappa shape index (κ3) is 3.09. The molecule has 2 heterocycles. The van der Waals surface area contributed by atoms with Crippen molar-refractivity contribution in [1.29, 1.82) is 0 Å². The third-order valence-electron chi connectivity index (χ3n) is 4.80. The van der Waals surface area contributed by atoms with Crippen molar-refractivity contribution in [3.8, 4) is 11.1 Å². The van der Waals surface area contributed by atoms with E-state index in [1.165, 1.54) is 4.90 Å². The number of para-hydroxylation sites is 1. The second-order valence-corrected chi connectivity index (χ2v) is 6.48. The molecule has 2 aromatic carbocycles. The second kappa shape index (κ2) is 7.53. The van der Waals surface area contributed by atoms with Crippen LogP contribution in [-0.4, -0.2) is 22.6 Å². The number of carbonyl (C=O) groups is 2. The van der Waals surface area contributed by atoms with Gasteiger partial charge in [0, 0.05) is 29.5 Å². The van der Waals surface area contributed by atoms with Crippen LogP contribution in [0.25, 0.3) is 16.6 Å². The maximum atomic E-state index is 13.4. The Hall–Kier alpha value is -3.66. The van der Waals surface area contributed by atoms with Crippen molar-refractivity contribution in [1.82, 2.24) is 4.40 Å². The van der Waals surface area contributed by atoms with Gasteiger partial charge in [-0.25, -0.2) is 0 Å². The van der Waals surface area contributed by atoms with Gasteiger partial charge >= 0.3 is 5.91 Å². The number of Topliss-reactive ketones (excluding diaryl/α,β-unsaturated/α-hetero) is 1. The number of carbonyl (C=O) groups excluding carboxylic acids is 2. The van der Waals surface area contributed by atoms with Gasteiger partial charge in [-0.3, -0.25) is 9.59 Å². The molecule has 1 amide bonds. The Morgan fingerprint density at radius 3 is 2.18 bits per heavy atom. The van der Waals surface area contributed by atoms with Crippen molar-refractivity contribution < 1.29 is 9.59 Å². The molecule has 2 aromatic heterocycles. The standard InChI is InChI=1S/C24H20N2O2/c1-2-25(19-13-7-4-8-14-19)24(28)23(27)22-21(18-11-5-3-6-12-18)17-20-15-9-10-16-26(20)22/h3-17H,2H2,1H3. The first-order valence-electron chi connectivity index (χ1n) is 9.27. The molecule has 0 aliphatic heterocycles. The van der Waals surface area contributed by atoms with E-state index >= 15 is 0 Å². The fourth-order valence-electron chi connectivity index (χ4n) is 3.47. The minimum Gasteiger partial charge on any atom is -0.313 e. The minimum absolute atomic E-state index is 0.390. The van der Waals surface area contributed by atoms with Crippen LogP contribution in [-0.2, 0) is 4.79 Å². The number of fused-ring (bicyclic) bond motifs is 1. The zero-order valence-corrected chi connectivity index (χ0v) is 15.6. The number of rotatable bonds is 5. The molecule has 0 unspecified atom stereocenters. The molecule has 28 heavy (non-hydrogen) atoms. The van der Waals surface area contributed by atoms with Crippen molar-refractivity contribution in [2.45, 2.75) is 6.92 Å². The number of amides is 1. The smallest absolute Gasteiger partial charge is 0.300 e. The molecule has 4 aromatic rings. The molecule has 0 fully saturated rings. The number of hydrogen-bond donors (Lipinski definition) is 0. The Bertz CT molecular complexity index is 1130. The highest BCUT2D eigenvalue weighted by Gasteiger charge is 2.28. The Morgan fingerprint density at radius 2 is 1.50 bits per heavy atom. The van der Waals surface area contributed by atoms with Crippen molar-refractivity contribution in [3.63, 3.8) is 0 Å². The average Bonchev–Trinajstić information content (AvgIpc) is 3.14. The van der Waals surface area contributed by atoms with E-state index in [1.807, 2.05) is 98.0 Å². The first-order valence-corrected chi connectivity index (χ1v) is 9.27. The van der Waals surface area contributed by atoms with Crippen LogP contribution in [0, 0.1) is 0 Å². The van der Waals surface area contributed by atoms with E-state index < -0.39 is 11.7 Å². The maximum Gasteiger partial charge on any atom is 0.300 e. The monoisotopic (exact) mass is 368 g/mol. The van der Waals surface area contributed by atoms with Crippen LogP contribution in [0.3, 0.4) is 0 Å². The summed E-state index contributed by atoms with van der Waals surface area (Å²) < 4.78 is 1.79. The number of pyridine rings is 1. The summed E-state index contributed by atoms with van der Waals surface area (Å²) in [5.74, 6) is -1.05. The topological polar surface area (TPSA) is 41.8 Å². The van der Waals surface area contributed by atoms with Gasteiger partial charge in [0.15, 0.2) is 0 Å². The molecular weight excluding hydrogens is 348 g/mol. The zero-order chi connectivity index (χ0) is 19.5. The van der Waals surface area contributed by atoms with E-state index in [2.05, 4.69) is 0 Å². The lowest BCUT2D eigenvalue weighted by Gasteiger charge is -2.20. The number of hydrogen-bond acceptors (Lipinski definition) is 2. The highest BCUT2D eigenvalue weighted by atomic mass is 16.2. The number of anilines is 1. The van der Waals surface area contributed by atoms with Gasteiger partial charge in [0.25, 0.3) is 5.78 Å². The molecule has 0 bridgehead atoms. The summed E-state index contributed by atoms with van der Waals surface area (Å²) in [5.41, 5.74) is 3.64. The molecule has 0 aliphatic rings. The van der Waals surface area contributed by atoms with E-state index in [0.29, 0.717) is 17.9 Å². The highest BCUT2D eigenvalue weighted by molar-refractivity contribution is 6.47. The normalized spacial score (nSPS) is 10.8. The molecule has 0 atom stereocenters. The third-order valence-corrected chi connectivity index (χ3v) is 4.80. The van der Waals surface area contributed by atoms with E-state index in [4.69, 9.17) is 0 Å². The molecule has 0 radical (unpaired) electrons. The van der Waals surface area contributed by atoms with Crippen LogP contribution in [0.4, 0.5) is 5.69 Å². The Kier molecular flexibility index (Phi) is 4.77. The lowest BCUT2D eigenvalue weighted by Crippen LogP contribution is -2.37. The van der Waals surface area contributed by atoms with Gasteiger partial charge < -0.3 is 9.30 Å². The minimum atomic E-state index is -0.533. The number of ketones is 1. The van der Waals surface area contributed by atoms with E-state index in [9.17, 15) is 9.59 Å². The van der Waals surface area contributed by atoms with Crippen LogP contribution >= 0.6 is 0 Å². The van der Waals surface area contributed by atoms with E-state index in [0.717, 1.165) is 16.6 Å². The first-order chi connectivity index (χ1) is 13.7. The molecular formula is C24H20N2O2. The van der Waals surface area contributed by atoms with Gasteiger partial charge in [0.05, 0.1) is 0 Å². The number of likely N-dealkylation sites (N-methyl/N-ethyl adjacent to an activating group) is 1. The molecule has 0 N–H and O–H groups in total. The average molecular weight is 368 g/mol. The Labute approximate surface area is 163 Å². The molecule has 0 spiro atoms. The summed E-state index contributed by atoms with van der Waals surface area (Å²) in [5, 5.41) is 0. The maximum absolute atomic E-state index is 13.4. The zero-order valence-electron chi connectivity index (χ0n) is 15.6. The largest absolute Gasteiger partial charge is 0.313 e. The summed E-state index contributed by atoms with van der Waals surface area (Å²) >= 11 is 0. The molecule has 4 rings (SSSR count). The summed E-state index contributed by atoms with van der Waals surface area (Å²) in [6.45, 7) is 2.28. The lowest BCUT2D eigenvalue weighted by atomic mass is 10.0. The van der Waals surface area contributed by atoms with Gasteiger partial charge in [-0.1, -0.05) is 54.6 Å². The van der Waals surface area contributed by atoms with Gasteiger partial charge in [-0.2, -0.15) is 0 Å². The number of benzene rings is 2. The quantitative estimate of drug-likeness (QED) is 0.374. The van der Waals surface area contributed by atoms with Crippen LogP contribution in [0.5, 0.6) is 0 Å². The van der Waals surface area contributed by atoms with Crippen molar-refractivity contribution in [2.75, 3.05) is 11.4 Å². The first kappa shape index (κ1) is 17.7. The van der Waals surface area contributed by atoms with Gasteiger partial charge in [0.1, 0.15) is 5.69 Å². The van der Waals surface area contributed by atoms with Crippen LogP contribution in [0.15, 0.2) is 91.1 Å². The van der Waals surface area contributed by atoms with Crippen molar-refractivity contribution >= 4 is 22.9 Å². The van der Waals surface area contributed by atoms with Gasteiger partial charge in [0.2, 0.25) is 0 Å². The van der Waals surface area contributed by atoms with Crippen LogP contribution in [0.2, 0.25) is 0 Å².